The van der Waals surface area contributed by atoms with Crippen LogP contribution in [0.25, 0.3) is 0 Å². The number of carbonyl (C=O) groups is 1. The highest BCUT2D eigenvalue weighted by Gasteiger charge is 2.18. The minimum atomic E-state index is -0.923. The second-order valence-corrected chi connectivity index (χ2v) is 6.23. The Labute approximate surface area is 140 Å². The van der Waals surface area contributed by atoms with Gasteiger partial charge in [-0.1, -0.05) is 57.9 Å². The molecule has 0 fully saturated rings. The van der Waals surface area contributed by atoms with Gasteiger partial charge in [-0.3, -0.25) is 10.1 Å². The van der Waals surface area contributed by atoms with Gasteiger partial charge in [-0.2, -0.15) is 0 Å². The van der Waals surface area contributed by atoms with Gasteiger partial charge in [-0.05, 0) is 25.7 Å². The first-order valence-electron chi connectivity index (χ1n) is 9.10. The van der Waals surface area contributed by atoms with E-state index in [1.807, 2.05) is 0 Å². The van der Waals surface area contributed by atoms with E-state index in [4.69, 9.17) is 5.11 Å². The van der Waals surface area contributed by atoms with Crippen LogP contribution in [-0.4, -0.2) is 22.0 Å². The van der Waals surface area contributed by atoms with Crippen molar-refractivity contribution >= 4 is 5.97 Å². The molecule has 0 aromatic rings. The third-order valence-corrected chi connectivity index (χ3v) is 4.11. The van der Waals surface area contributed by atoms with Crippen LogP contribution in [0.15, 0.2) is 12.2 Å². The Morgan fingerprint density at radius 2 is 1.52 bits per heavy atom. The fourth-order valence-electron chi connectivity index (χ4n) is 2.70. The summed E-state index contributed by atoms with van der Waals surface area (Å²) in [5, 5.41) is 19.5. The second kappa shape index (κ2) is 15.5. The van der Waals surface area contributed by atoms with Crippen molar-refractivity contribution < 1.29 is 14.8 Å². The molecule has 1 N–H and O–H groups in total. The van der Waals surface area contributed by atoms with Crippen LogP contribution in [0.4, 0.5) is 0 Å². The van der Waals surface area contributed by atoms with E-state index in [1.165, 1.54) is 32.1 Å². The molecule has 0 rings (SSSR count). The lowest BCUT2D eigenvalue weighted by molar-refractivity contribution is -0.524. The van der Waals surface area contributed by atoms with Gasteiger partial charge in [0.25, 0.3) is 0 Å². The van der Waals surface area contributed by atoms with Gasteiger partial charge in [-0.15, -0.1) is 0 Å². The minimum absolute atomic E-state index is 0.124. The van der Waals surface area contributed by atoms with Gasteiger partial charge in [0.1, 0.15) is 0 Å². The fourth-order valence-corrected chi connectivity index (χ4v) is 2.70. The largest absolute Gasteiger partial charge is 0.478 e. The molecule has 0 heterocycles. The van der Waals surface area contributed by atoms with E-state index in [0.717, 1.165) is 44.6 Å². The van der Waals surface area contributed by atoms with Gasteiger partial charge in [0.2, 0.25) is 6.04 Å². The number of nitro groups is 1. The Morgan fingerprint density at radius 1 is 1.00 bits per heavy atom. The zero-order valence-corrected chi connectivity index (χ0v) is 14.5. The predicted molar refractivity (Wildman–Crippen MR) is 93.3 cm³/mol. The SMILES string of the molecule is CCCCCCCCCC(CCCCC/C=C/C(=O)O)[N+](=O)[O-]. The van der Waals surface area contributed by atoms with E-state index in [0.29, 0.717) is 12.8 Å². The van der Waals surface area contributed by atoms with Crippen LogP contribution in [0.3, 0.4) is 0 Å². The summed E-state index contributed by atoms with van der Waals surface area (Å²) in [5.74, 6) is -0.923. The predicted octanol–water partition coefficient (Wildman–Crippen LogP) is 5.36. The number of rotatable bonds is 16. The summed E-state index contributed by atoms with van der Waals surface area (Å²) in [6.45, 7) is 2.20. The van der Waals surface area contributed by atoms with E-state index in [-0.39, 0.29) is 4.92 Å². The standard InChI is InChI=1S/C18H33NO4/c1-2-3-4-5-6-8-11-14-17(19(22)23)15-12-9-7-10-13-16-18(20)21/h13,16-17H,2-12,14-15H2,1H3,(H,20,21)/b16-13+. The molecule has 1 unspecified atom stereocenters. The van der Waals surface area contributed by atoms with Crippen molar-refractivity contribution in [2.24, 2.45) is 0 Å². The Hall–Kier alpha value is -1.39. The molecule has 0 aliphatic rings. The molecule has 0 saturated heterocycles. The van der Waals surface area contributed by atoms with Crippen LogP contribution in [0, 0.1) is 10.1 Å². The summed E-state index contributed by atoms with van der Waals surface area (Å²) >= 11 is 0. The Kier molecular flexibility index (Phi) is 14.6. The maximum Gasteiger partial charge on any atom is 0.327 e. The number of unbranched alkanes of at least 4 members (excludes halogenated alkanes) is 9. The smallest absolute Gasteiger partial charge is 0.327 e. The zero-order valence-electron chi connectivity index (χ0n) is 14.5. The summed E-state index contributed by atoms with van der Waals surface area (Å²) in [4.78, 5) is 21.2. The van der Waals surface area contributed by atoms with E-state index in [2.05, 4.69) is 6.92 Å². The van der Waals surface area contributed by atoms with Crippen LogP contribution in [0.2, 0.25) is 0 Å². The van der Waals surface area contributed by atoms with Gasteiger partial charge in [0.05, 0.1) is 0 Å². The molecule has 5 heteroatoms. The molecular weight excluding hydrogens is 294 g/mol. The number of carboxylic acid groups (broad SMARTS) is 1. The number of carboxylic acids is 1. The number of nitrogens with zero attached hydrogens (tertiary/aromatic N) is 1. The maximum atomic E-state index is 11.1. The molecule has 0 radical (unpaired) electrons. The van der Waals surface area contributed by atoms with Gasteiger partial charge in [0, 0.05) is 23.8 Å². The van der Waals surface area contributed by atoms with Crippen LogP contribution >= 0.6 is 0 Å². The first-order valence-corrected chi connectivity index (χ1v) is 9.10. The van der Waals surface area contributed by atoms with E-state index in [1.54, 1.807) is 6.08 Å². The van der Waals surface area contributed by atoms with Crippen molar-refractivity contribution in [3.05, 3.63) is 22.3 Å². The fraction of sp³-hybridized carbons (Fsp3) is 0.833. The van der Waals surface area contributed by atoms with Gasteiger partial charge in [-0.25, -0.2) is 4.79 Å². The minimum Gasteiger partial charge on any atom is -0.478 e. The molecule has 0 aliphatic heterocycles. The lowest BCUT2D eigenvalue weighted by Crippen LogP contribution is -2.19. The summed E-state index contributed by atoms with van der Waals surface area (Å²) in [7, 11) is 0. The van der Waals surface area contributed by atoms with Crippen molar-refractivity contribution in [1.82, 2.24) is 0 Å². The molecular formula is C18H33NO4. The zero-order chi connectivity index (χ0) is 17.3. The van der Waals surface area contributed by atoms with Crippen molar-refractivity contribution in [1.29, 1.82) is 0 Å². The van der Waals surface area contributed by atoms with Crippen LogP contribution < -0.4 is 0 Å². The molecule has 0 spiro atoms. The Bertz CT molecular complexity index is 342. The normalized spacial score (nSPS) is 12.6. The summed E-state index contributed by atoms with van der Waals surface area (Å²) < 4.78 is 0. The van der Waals surface area contributed by atoms with Crippen LogP contribution in [-0.2, 0) is 4.79 Å². The first-order chi connectivity index (χ1) is 11.1. The molecule has 0 bridgehead atoms. The Balaban J connectivity index is 3.62. The number of hydrogen-bond donors (Lipinski definition) is 1. The van der Waals surface area contributed by atoms with E-state index in [9.17, 15) is 14.9 Å². The molecule has 0 aliphatic carbocycles. The van der Waals surface area contributed by atoms with Gasteiger partial charge < -0.3 is 5.11 Å². The first kappa shape index (κ1) is 21.6. The average Bonchev–Trinajstić information content (AvgIpc) is 2.50. The highest BCUT2D eigenvalue weighted by atomic mass is 16.6. The van der Waals surface area contributed by atoms with Crippen LogP contribution in [0.1, 0.15) is 90.4 Å². The second-order valence-electron chi connectivity index (χ2n) is 6.23. The van der Waals surface area contributed by atoms with Gasteiger partial charge in [0.15, 0.2) is 0 Å². The van der Waals surface area contributed by atoms with Crippen molar-refractivity contribution in [2.75, 3.05) is 0 Å². The van der Waals surface area contributed by atoms with Gasteiger partial charge >= 0.3 is 5.97 Å². The van der Waals surface area contributed by atoms with Crippen LogP contribution in [0.5, 0.6) is 0 Å². The average molecular weight is 327 g/mol. The molecule has 5 nitrogen and oxygen atoms in total. The molecule has 0 aromatic carbocycles. The topological polar surface area (TPSA) is 80.4 Å². The van der Waals surface area contributed by atoms with Crippen molar-refractivity contribution in [3.8, 4) is 0 Å². The summed E-state index contributed by atoms with van der Waals surface area (Å²) in [6, 6.07) is -0.403. The monoisotopic (exact) mass is 327 g/mol. The summed E-state index contributed by atoms with van der Waals surface area (Å²) in [6.07, 6.45) is 15.9. The highest BCUT2D eigenvalue weighted by Crippen LogP contribution is 2.15. The number of hydrogen-bond acceptors (Lipinski definition) is 3. The molecule has 0 amide bonds. The molecule has 0 saturated carbocycles. The molecule has 134 valence electrons. The van der Waals surface area contributed by atoms with E-state index >= 15 is 0 Å². The Morgan fingerprint density at radius 3 is 2.04 bits per heavy atom. The quantitative estimate of drug-likeness (QED) is 0.179. The third-order valence-electron chi connectivity index (χ3n) is 4.11. The lowest BCUT2D eigenvalue weighted by atomic mass is 10.0. The molecule has 1 atom stereocenters. The summed E-state index contributed by atoms with van der Waals surface area (Å²) in [5.41, 5.74) is 0. The maximum absolute atomic E-state index is 11.1. The van der Waals surface area contributed by atoms with E-state index < -0.39 is 12.0 Å². The van der Waals surface area contributed by atoms with Crippen molar-refractivity contribution in [3.63, 3.8) is 0 Å². The number of aliphatic carboxylic acids is 1. The third kappa shape index (κ3) is 15.3. The van der Waals surface area contributed by atoms with Crippen molar-refractivity contribution in [2.45, 2.75) is 96.4 Å². The molecule has 0 aromatic heterocycles. The molecule has 23 heavy (non-hydrogen) atoms. The highest BCUT2D eigenvalue weighted by molar-refractivity contribution is 5.79. The lowest BCUT2D eigenvalue weighted by Gasteiger charge is -2.09. The number of allylic oxidation sites excluding steroid dienone is 1.